The predicted molar refractivity (Wildman–Crippen MR) is 138 cm³/mol. The minimum Gasteiger partial charge on any atom is -0.382 e. The standard InChI is InChI=1S/C24H37N7O4Si/c1-33-11-12-35-19-7-5-18(6-8-19)27-23(32)20-21-22(29-24(28-20)30-10-9-25-15-30)26-16-31(21)17-34-13-14-36(2,3)4/h9-10,15-16,18-19H,5-8,11-14,17H2,1-4H3,(H,27,32). The van der Waals surface area contributed by atoms with E-state index in [1.807, 2.05) is 4.57 Å². The lowest BCUT2D eigenvalue weighted by molar-refractivity contribution is -0.00409. The normalized spacial score (nSPS) is 18.6. The number of imidazole rings is 2. The maximum atomic E-state index is 13.5. The lowest BCUT2D eigenvalue weighted by atomic mass is 9.93. The molecular weight excluding hydrogens is 478 g/mol. The molecule has 0 bridgehead atoms. The number of hydrogen-bond donors (Lipinski definition) is 1. The SMILES string of the molecule is COCCOC1CCC(NC(=O)c2nc(-n3ccnc3)nc3ncn(COCC[Si](C)(C)C)c23)CC1. The molecular formula is C24H37N7O4Si. The Labute approximate surface area is 212 Å². The number of ether oxygens (including phenoxy) is 3. The van der Waals surface area contributed by atoms with E-state index < -0.39 is 8.07 Å². The summed E-state index contributed by atoms with van der Waals surface area (Å²) >= 11 is 0. The summed E-state index contributed by atoms with van der Waals surface area (Å²) in [5, 5.41) is 3.18. The summed E-state index contributed by atoms with van der Waals surface area (Å²) in [5.74, 6) is 0.113. The number of methoxy groups -OCH3 is 1. The minimum atomic E-state index is -1.20. The number of fused-ring (bicyclic) bond motifs is 1. The molecule has 1 aliphatic rings. The maximum absolute atomic E-state index is 13.5. The first kappa shape index (κ1) is 26.4. The van der Waals surface area contributed by atoms with Crippen LogP contribution in [0.3, 0.4) is 0 Å². The van der Waals surface area contributed by atoms with Crippen LogP contribution in [0.5, 0.6) is 0 Å². The molecule has 3 heterocycles. The summed E-state index contributed by atoms with van der Waals surface area (Å²) in [6.45, 7) is 9.09. The molecule has 0 aromatic carbocycles. The first-order valence-electron chi connectivity index (χ1n) is 12.5. The number of nitrogens with one attached hydrogen (secondary N) is 1. The lowest BCUT2D eigenvalue weighted by Gasteiger charge is -2.29. The van der Waals surface area contributed by atoms with Crippen molar-refractivity contribution in [3.63, 3.8) is 0 Å². The maximum Gasteiger partial charge on any atom is 0.272 e. The molecule has 1 saturated carbocycles. The molecule has 0 radical (unpaired) electrons. The highest BCUT2D eigenvalue weighted by atomic mass is 28.3. The van der Waals surface area contributed by atoms with E-state index >= 15 is 0 Å². The van der Waals surface area contributed by atoms with Gasteiger partial charge in [-0.15, -0.1) is 0 Å². The number of hydrogen-bond acceptors (Lipinski definition) is 8. The van der Waals surface area contributed by atoms with Gasteiger partial charge >= 0.3 is 0 Å². The van der Waals surface area contributed by atoms with Gasteiger partial charge in [0.15, 0.2) is 11.3 Å². The summed E-state index contributed by atoms with van der Waals surface area (Å²) < 4.78 is 20.3. The second-order valence-corrected chi connectivity index (χ2v) is 16.0. The fourth-order valence-corrected chi connectivity index (χ4v) is 4.94. The smallest absolute Gasteiger partial charge is 0.272 e. The van der Waals surface area contributed by atoms with Gasteiger partial charge in [-0.3, -0.25) is 9.36 Å². The summed E-state index contributed by atoms with van der Waals surface area (Å²) in [7, 11) is 0.468. The number of aromatic nitrogens is 6. The highest BCUT2D eigenvalue weighted by Crippen LogP contribution is 2.23. The highest BCUT2D eigenvalue weighted by Gasteiger charge is 2.26. The average Bonchev–Trinajstić information content (AvgIpc) is 3.52. The van der Waals surface area contributed by atoms with E-state index in [4.69, 9.17) is 14.2 Å². The molecule has 1 N–H and O–H groups in total. The van der Waals surface area contributed by atoms with Gasteiger partial charge in [0.2, 0.25) is 5.95 Å². The van der Waals surface area contributed by atoms with Gasteiger partial charge in [-0.2, -0.15) is 4.98 Å². The molecule has 3 aromatic heterocycles. The largest absolute Gasteiger partial charge is 0.382 e. The van der Waals surface area contributed by atoms with Crippen molar-refractivity contribution in [1.82, 2.24) is 34.4 Å². The van der Waals surface area contributed by atoms with Gasteiger partial charge < -0.3 is 24.1 Å². The molecule has 12 heteroatoms. The fourth-order valence-electron chi connectivity index (χ4n) is 4.18. The van der Waals surface area contributed by atoms with Gasteiger partial charge in [0, 0.05) is 40.2 Å². The van der Waals surface area contributed by atoms with Crippen molar-refractivity contribution >= 4 is 25.1 Å². The Morgan fingerprint density at radius 3 is 2.61 bits per heavy atom. The Morgan fingerprint density at radius 2 is 1.92 bits per heavy atom. The zero-order valence-corrected chi connectivity index (χ0v) is 22.6. The summed E-state index contributed by atoms with van der Waals surface area (Å²) in [4.78, 5) is 31.2. The molecule has 0 saturated heterocycles. The summed E-state index contributed by atoms with van der Waals surface area (Å²) in [6, 6.07) is 1.12. The van der Waals surface area contributed by atoms with Crippen LogP contribution in [0.15, 0.2) is 25.0 Å². The molecule has 3 aromatic rings. The van der Waals surface area contributed by atoms with E-state index in [-0.39, 0.29) is 23.7 Å². The summed E-state index contributed by atoms with van der Waals surface area (Å²) in [5.41, 5.74) is 1.30. The third kappa shape index (κ3) is 6.96. The van der Waals surface area contributed by atoms with Crippen molar-refractivity contribution in [2.24, 2.45) is 0 Å². The Morgan fingerprint density at radius 1 is 1.11 bits per heavy atom. The molecule has 1 fully saturated rings. The Bertz CT molecular complexity index is 1120. The highest BCUT2D eigenvalue weighted by molar-refractivity contribution is 6.76. The van der Waals surface area contributed by atoms with E-state index in [9.17, 15) is 4.79 Å². The first-order chi connectivity index (χ1) is 17.3. The van der Waals surface area contributed by atoms with Crippen LogP contribution < -0.4 is 5.32 Å². The molecule has 1 amide bonds. The lowest BCUT2D eigenvalue weighted by Crippen LogP contribution is -2.40. The van der Waals surface area contributed by atoms with Crippen LogP contribution in [-0.2, 0) is 20.9 Å². The third-order valence-corrected chi connectivity index (χ3v) is 7.99. The van der Waals surface area contributed by atoms with E-state index in [2.05, 4.69) is 44.9 Å². The number of amides is 1. The average molecular weight is 516 g/mol. The van der Waals surface area contributed by atoms with Crippen LogP contribution >= 0.6 is 0 Å². The van der Waals surface area contributed by atoms with Crippen LogP contribution in [0.1, 0.15) is 36.2 Å². The number of carbonyl (C=O) groups excluding carboxylic acids is 1. The van der Waals surface area contributed by atoms with Crippen molar-refractivity contribution in [2.45, 2.75) is 70.2 Å². The molecule has 0 spiro atoms. The van der Waals surface area contributed by atoms with E-state index in [1.54, 1.807) is 36.7 Å². The van der Waals surface area contributed by atoms with Gasteiger partial charge in [0.1, 0.15) is 18.6 Å². The number of carbonyl (C=O) groups is 1. The van der Waals surface area contributed by atoms with Gasteiger partial charge in [-0.1, -0.05) is 19.6 Å². The van der Waals surface area contributed by atoms with Gasteiger partial charge in [0.25, 0.3) is 5.91 Å². The molecule has 196 valence electrons. The molecule has 0 unspecified atom stereocenters. The van der Waals surface area contributed by atoms with Crippen LogP contribution in [0.25, 0.3) is 17.1 Å². The van der Waals surface area contributed by atoms with Crippen LogP contribution in [0, 0.1) is 0 Å². The van der Waals surface area contributed by atoms with Gasteiger partial charge in [-0.25, -0.2) is 15.0 Å². The van der Waals surface area contributed by atoms with Crippen molar-refractivity contribution in [3.8, 4) is 5.95 Å². The van der Waals surface area contributed by atoms with Crippen LogP contribution in [0.2, 0.25) is 25.7 Å². The van der Waals surface area contributed by atoms with Crippen LogP contribution in [-0.4, -0.2) is 82.1 Å². The zero-order valence-electron chi connectivity index (χ0n) is 21.6. The minimum absolute atomic E-state index is 0.0610. The Balaban J connectivity index is 1.50. The van der Waals surface area contributed by atoms with Crippen molar-refractivity contribution in [2.75, 3.05) is 26.9 Å². The molecule has 1 aliphatic carbocycles. The van der Waals surface area contributed by atoms with Gasteiger partial charge in [0.05, 0.1) is 25.6 Å². The second kappa shape index (κ2) is 12.0. The van der Waals surface area contributed by atoms with Crippen molar-refractivity contribution in [3.05, 3.63) is 30.7 Å². The molecule has 0 aliphatic heterocycles. The zero-order chi connectivity index (χ0) is 25.5. The molecule has 0 atom stereocenters. The number of rotatable bonds is 12. The fraction of sp³-hybridized carbons (Fsp3) is 0.625. The second-order valence-electron chi connectivity index (χ2n) is 10.4. The Kier molecular flexibility index (Phi) is 8.83. The van der Waals surface area contributed by atoms with E-state index in [0.29, 0.717) is 43.7 Å². The van der Waals surface area contributed by atoms with E-state index in [0.717, 1.165) is 31.7 Å². The monoisotopic (exact) mass is 515 g/mol. The molecule has 36 heavy (non-hydrogen) atoms. The third-order valence-electron chi connectivity index (χ3n) is 6.29. The van der Waals surface area contributed by atoms with E-state index in [1.165, 1.54) is 0 Å². The Hall–Kier alpha value is -2.67. The topological polar surface area (TPSA) is 118 Å². The van der Waals surface area contributed by atoms with Crippen molar-refractivity contribution in [1.29, 1.82) is 0 Å². The first-order valence-corrected chi connectivity index (χ1v) is 16.2. The van der Waals surface area contributed by atoms with Crippen molar-refractivity contribution < 1.29 is 19.0 Å². The van der Waals surface area contributed by atoms with Crippen LogP contribution in [0.4, 0.5) is 0 Å². The quantitative estimate of drug-likeness (QED) is 0.289. The predicted octanol–water partition coefficient (Wildman–Crippen LogP) is 3.03. The summed E-state index contributed by atoms with van der Waals surface area (Å²) in [6.07, 6.45) is 10.4. The van der Waals surface area contributed by atoms with Gasteiger partial charge in [-0.05, 0) is 31.7 Å². The number of nitrogens with zero attached hydrogens (tertiary/aromatic N) is 6. The molecule has 11 nitrogen and oxygen atoms in total. The molecule has 4 rings (SSSR count).